The zero-order valence-electron chi connectivity index (χ0n) is 23.4. The number of rotatable bonds is 0. The standard InChI is InChI=1S/C32H20F6N2O.C2H4O/c1-18-11-25-29(12-19-7-6-10-23-26(16-33)27(37)15-22(36)17-40(18)30(19)23)39(2)31-24(32(25)41)9-5-3-4-8-20(34)13-21(35)14-28(31)38;1-2-3/h3-17H,1H2,2H3;2H,1H3/b4-3?,5-3-,8-4+,9-5?,20-8?,20-13+,21-13?,21-14+,22-17+,24-9+,25-11+,26-16?,27-15+,28-14?,29-12+,31-28+;. The number of allylic oxidation sites excluding steroid dienone is 13. The Balaban J connectivity index is 0.00000141. The first-order valence-electron chi connectivity index (χ1n) is 13.0. The number of carbonyl (C=O) groups is 1. The predicted molar refractivity (Wildman–Crippen MR) is 161 cm³/mol. The summed E-state index contributed by atoms with van der Waals surface area (Å²) in [5, 5.41) is -0.257. The molecule has 0 saturated heterocycles. The molecular formula is C34H24F6N2O2. The number of hydrogen-bond donors (Lipinski definition) is 0. The summed E-state index contributed by atoms with van der Waals surface area (Å²) >= 11 is 0. The van der Waals surface area contributed by atoms with Crippen molar-refractivity contribution in [2.24, 2.45) is 7.05 Å². The van der Waals surface area contributed by atoms with Crippen LogP contribution in [-0.4, -0.2) is 10.9 Å². The van der Waals surface area contributed by atoms with Crippen molar-refractivity contribution in [3.8, 4) is 0 Å². The smallest absolute Gasteiger partial charge is 0.197 e. The van der Waals surface area contributed by atoms with Gasteiger partial charge in [-0.3, -0.25) is 4.79 Å². The molecule has 44 heavy (non-hydrogen) atoms. The van der Waals surface area contributed by atoms with Gasteiger partial charge in [0.2, 0.25) is 0 Å². The molecule has 5 rings (SSSR count). The summed E-state index contributed by atoms with van der Waals surface area (Å²) in [4.78, 5) is 23.9. The molecule has 0 unspecified atom stereocenters. The second-order valence-electron chi connectivity index (χ2n) is 9.42. The average Bonchev–Trinajstić information content (AvgIpc) is 2.94. The van der Waals surface area contributed by atoms with Crippen LogP contribution in [0.3, 0.4) is 0 Å². The van der Waals surface area contributed by atoms with Crippen LogP contribution in [-0.2, 0) is 11.8 Å². The van der Waals surface area contributed by atoms with Gasteiger partial charge < -0.3 is 14.3 Å². The summed E-state index contributed by atoms with van der Waals surface area (Å²) in [5.74, 6) is -5.51. The second kappa shape index (κ2) is 13.3. The van der Waals surface area contributed by atoms with Gasteiger partial charge in [0.05, 0.1) is 22.7 Å². The van der Waals surface area contributed by atoms with Crippen LogP contribution in [0.5, 0.6) is 0 Å². The Morgan fingerprint density at radius 3 is 2.30 bits per heavy atom. The Kier molecular flexibility index (Phi) is 9.53. The van der Waals surface area contributed by atoms with Gasteiger partial charge in [-0.05, 0) is 31.2 Å². The fourth-order valence-corrected chi connectivity index (χ4v) is 4.82. The minimum Gasteiger partial charge on any atom is -0.341 e. The molecule has 1 aromatic carbocycles. The molecule has 0 spiro atoms. The van der Waals surface area contributed by atoms with Gasteiger partial charge in [-0.1, -0.05) is 43.0 Å². The number of anilines is 1. The third kappa shape index (κ3) is 6.19. The average molecular weight is 607 g/mol. The quantitative estimate of drug-likeness (QED) is 0.306. The number of aldehydes is 1. The summed E-state index contributed by atoms with van der Waals surface area (Å²) in [6, 6.07) is 4.52. The SMILES string of the molecule is C=C1/C=c2/c(=O)c3/c(n(C)/c2=C/c2cccc4c2N1/C=C(F)\C=C(\F)C4=CF)=C(F)/C=C(F)\C=C(F)/C=C/C=C\C=3.CC=O. The summed E-state index contributed by atoms with van der Waals surface area (Å²) < 4.78 is 88.7. The van der Waals surface area contributed by atoms with Crippen molar-refractivity contribution < 1.29 is 31.1 Å². The maximum atomic E-state index is 15.6. The number of fused-ring (bicyclic) bond motifs is 2. The number of pyridine rings is 1. The van der Waals surface area contributed by atoms with E-state index in [1.165, 1.54) is 72.0 Å². The lowest BCUT2D eigenvalue weighted by Gasteiger charge is -2.28. The van der Waals surface area contributed by atoms with E-state index in [0.717, 1.165) is 18.6 Å². The molecule has 0 atom stereocenters. The summed E-state index contributed by atoms with van der Waals surface area (Å²) in [7, 11) is 1.44. The van der Waals surface area contributed by atoms with Crippen LogP contribution in [0.2, 0.25) is 0 Å². The largest absolute Gasteiger partial charge is 0.341 e. The van der Waals surface area contributed by atoms with Gasteiger partial charge in [-0.15, -0.1) is 0 Å². The van der Waals surface area contributed by atoms with E-state index in [-0.39, 0.29) is 44.4 Å². The fourth-order valence-electron chi connectivity index (χ4n) is 4.82. The Labute approximate surface area is 247 Å². The van der Waals surface area contributed by atoms with Crippen molar-refractivity contribution in [2.75, 3.05) is 4.90 Å². The minimum absolute atomic E-state index is 0.0213. The fraction of sp³-hybridized carbons (Fsp3) is 0.0588. The molecule has 0 saturated carbocycles. The van der Waals surface area contributed by atoms with Crippen LogP contribution in [0, 0.1) is 0 Å². The van der Waals surface area contributed by atoms with E-state index < -0.39 is 40.1 Å². The molecule has 0 fully saturated rings. The van der Waals surface area contributed by atoms with Crippen molar-refractivity contribution in [3.05, 3.63) is 151 Å². The number of benzene rings is 1. The molecule has 2 aliphatic heterocycles. The second-order valence-corrected chi connectivity index (χ2v) is 9.42. The molecule has 0 N–H and O–H groups in total. The van der Waals surface area contributed by atoms with Gasteiger partial charge in [0, 0.05) is 64.3 Å². The molecular weight excluding hydrogens is 582 g/mol. The lowest BCUT2D eigenvalue weighted by atomic mass is 9.96. The highest BCUT2D eigenvalue weighted by atomic mass is 19.2. The molecule has 10 heteroatoms. The van der Waals surface area contributed by atoms with Gasteiger partial charge in [0.25, 0.3) is 0 Å². The highest BCUT2D eigenvalue weighted by Gasteiger charge is 2.24. The molecule has 224 valence electrons. The van der Waals surface area contributed by atoms with Crippen molar-refractivity contribution in [3.63, 3.8) is 0 Å². The number of halogens is 6. The maximum absolute atomic E-state index is 15.6. The van der Waals surface area contributed by atoms with E-state index in [1.54, 1.807) is 6.07 Å². The van der Waals surface area contributed by atoms with E-state index in [9.17, 15) is 26.7 Å². The van der Waals surface area contributed by atoms with Crippen molar-refractivity contribution >= 4 is 41.6 Å². The van der Waals surface area contributed by atoms with Crippen LogP contribution in [0.1, 0.15) is 18.1 Å². The van der Waals surface area contributed by atoms with E-state index in [2.05, 4.69) is 6.58 Å². The number of hydrogen-bond acceptors (Lipinski definition) is 3. The van der Waals surface area contributed by atoms with Crippen molar-refractivity contribution in [1.29, 1.82) is 0 Å². The number of para-hydroxylation sites is 1. The first-order chi connectivity index (χ1) is 21.0. The summed E-state index contributed by atoms with van der Waals surface area (Å²) in [5.41, 5.74) is -0.597. The van der Waals surface area contributed by atoms with Gasteiger partial charge >= 0.3 is 0 Å². The Morgan fingerprint density at radius 1 is 0.864 bits per heavy atom. The zero-order chi connectivity index (χ0) is 32.1. The molecule has 1 aliphatic carbocycles. The van der Waals surface area contributed by atoms with Gasteiger partial charge in [-0.25, -0.2) is 26.3 Å². The number of nitrogens with zero attached hydrogens (tertiary/aromatic N) is 2. The normalized spacial score (nSPS) is 26.5. The predicted octanol–water partition coefficient (Wildman–Crippen LogP) is 5.21. The highest BCUT2D eigenvalue weighted by Crippen LogP contribution is 2.40. The third-order valence-electron chi connectivity index (χ3n) is 6.62. The topological polar surface area (TPSA) is 42.3 Å². The number of carbonyl (C=O) groups excluding carboxylic acids is 1. The van der Waals surface area contributed by atoms with Gasteiger partial charge in [0.15, 0.2) is 11.3 Å². The molecule has 0 amide bonds. The molecule has 0 radical (unpaired) electrons. The molecule has 2 aromatic rings. The lowest BCUT2D eigenvalue weighted by molar-refractivity contribution is -0.106. The molecule has 3 heterocycles. The van der Waals surface area contributed by atoms with E-state index in [1.807, 2.05) is 0 Å². The Hall–Kier alpha value is -5.38. The van der Waals surface area contributed by atoms with E-state index in [4.69, 9.17) is 4.79 Å². The van der Waals surface area contributed by atoms with Crippen LogP contribution in [0.15, 0.2) is 114 Å². The summed E-state index contributed by atoms with van der Waals surface area (Å²) in [6.07, 6.45) is 12.4. The van der Waals surface area contributed by atoms with Crippen LogP contribution < -0.4 is 31.5 Å². The van der Waals surface area contributed by atoms with Crippen LogP contribution in [0.25, 0.3) is 29.6 Å². The van der Waals surface area contributed by atoms with Gasteiger partial charge in [-0.2, -0.15) is 0 Å². The highest BCUT2D eigenvalue weighted by molar-refractivity contribution is 5.91. The molecule has 0 bridgehead atoms. The maximum Gasteiger partial charge on any atom is 0.197 e. The van der Waals surface area contributed by atoms with E-state index in [0.29, 0.717) is 23.8 Å². The van der Waals surface area contributed by atoms with Crippen molar-refractivity contribution in [2.45, 2.75) is 6.92 Å². The van der Waals surface area contributed by atoms with Crippen molar-refractivity contribution in [1.82, 2.24) is 4.57 Å². The monoisotopic (exact) mass is 606 g/mol. The number of aromatic nitrogens is 1. The minimum atomic E-state index is -1.22. The first-order valence-corrected chi connectivity index (χ1v) is 13.0. The summed E-state index contributed by atoms with van der Waals surface area (Å²) in [6.45, 7) is 5.42. The molecule has 4 nitrogen and oxygen atoms in total. The molecule has 3 aliphatic rings. The Morgan fingerprint density at radius 2 is 1.59 bits per heavy atom. The molecule has 1 aromatic heterocycles. The van der Waals surface area contributed by atoms with Crippen LogP contribution >= 0.6 is 0 Å². The van der Waals surface area contributed by atoms with E-state index >= 15 is 4.39 Å². The van der Waals surface area contributed by atoms with Crippen LogP contribution in [0.4, 0.5) is 32.0 Å². The third-order valence-corrected chi connectivity index (χ3v) is 6.62. The Bertz CT molecular complexity index is 2110. The zero-order valence-corrected chi connectivity index (χ0v) is 23.4. The first kappa shape index (κ1) is 31.6. The lowest BCUT2D eigenvalue weighted by Crippen LogP contribution is -2.62. The van der Waals surface area contributed by atoms with Gasteiger partial charge in [0.1, 0.15) is 29.6 Å².